The number of hydrogen-bond acceptors (Lipinski definition) is 4. The maximum atomic E-state index is 13.7. The topological polar surface area (TPSA) is 64.8 Å². The molecule has 0 bridgehead atoms. The van der Waals surface area contributed by atoms with Gasteiger partial charge in [-0.1, -0.05) is 0 Å². The SMILES string of the molecule is COC1CN(C(=O)c2cc(N)c(F)cc2F)CC1OC. The number of nitrogens with zero attached hydrogens (tertiary/aromatic N) is 1. The summed E-state index contributed by atoms with van der Waals surface area (Å²) in [6, 6.07) is 1.62. The van der Waals surface area contributed by atoms with Crippen LogP contribution in [-0.2, 0) is 9.47 Å². The van der Waals surface area contributed by atoms with Crippen molar-refractivity contribution in [3.8, 4) is 0 Å². The number of benzene rings is 1. The van der Waals surface area contributed by atoms with Gasteiger partial charge >= 0.3 is 0 Å². The van der Waals surface area contributed by atoms with Gasteiger partial charge in [0.15, 0.2) is 0 Å². The average Bonchev–Trinajstić information content (AvgIpc) is 2.85. The molecule has 1 aliphatic rings. The van der Waals surface area contributed by atoms with E-state index in [9.17, 15) is 13.6 Å². The molecule has 0 saturated carbocycles. The second-order valence-electron chi connectivity index (χ2n) is 4.61. The fourth-order valence-corrected chi connectivity index (χ4v) is 2.26. The van der Waals surface area contributed by atoms with Gasteiger partial charge in [-0.3, -0.25) is 4.79 Å². The van der Waals surface area contributed by atoms with Crippen molar-refractivity contribution in [2.75, 3.05) is 33.0 Å². The van der Waals surface area contributed by atoms with Gasteiger partial charge in [-0.05, 0) is 6.07 Å². The van der Waals surface area contributed by atoms with Crippen LogP contribution in [0.4, 0.5) is 14.5 Å². The molecule has 110 valence electrons. The summed E-state index contributed by atoms with van der Waals surface area (Å²) in [5, 5.41) is 0. The lowest BCUT2D eigenvalue weighted by Gasteiger charge is -2.16. The molecule has 1 amide bonds. The van der Waals surface area contributed by atoms with Crippen LogP contribution in [-0.4, -0.2) is 50.3 Å². The van der Waals surface area contributed by atoms with Gasteiger partial charge in [0.05, 0.1) is 11.3 Å². The standard InChI is InChI=1S/C13H16F2N2O3/c1-19-11-5-17(6-12(11)20-2)13(18)7-3-10(16)9(15)4-8(7)14/h3-4,11-12H,5-6,16H2,1-2H3. The molecule has 2 atom stereocenters. The Bertz CT molecular complexity index is 513. The highest BCUT2D eigenvalue weighted by Crippen LogP contribution is 2.22. The number of hydrogen-bond donors (Lipinski definition) is 1. The Morgan fingerprint density at radius 3 is 2.25 bits per heavy atom. The van der Waals surface area contributed by atoms with E-state index in [1.54, 1.807) is 0 Å². The molecule has 5 nitrogen and oxygen atoms in total. The largest absolute Gasteiger partial charge is 0.396 e. The van der Waals surface area contributed by atoms with Crippen LogP contribution in [0.2, 0.25) is 0 Å². The number of methoxy groups -OCH3 is 2. The van der Waals surface area contributed by atoms with Crippen LogP contribution >= 0.6 is 0 Å². The molecule has 1 aliphatic heterocycles. The van der Waals surface area contributed by atoms with Crippen molar-refractivity contribution in [2.45, 2.75) is 12.2 Å². The number of rotatable bonds is 3. The Kier molecular flexibility index (Phi) is 4.20. The normalized spacial score (nSPS) is 22.3. The molecule has 1 aromatic rings. The number of anilines is 1. The molecule has 20 heavy (non-hydrogen) atoms. The molecule has 2 N–H and O–H groups in total. The summed E-state index contributed by atoms with van der Waals surface area (Å²) in [5.74, 6) is -2.38. The van der Waals surface area contributed by atoms with Crippen LogP contribution < -0.4 is 5.73 Å². The Balaban J connectivity index is 2.23. The predicted molar refractivity (Wildman–Crippen MR) is 68.3 cm³/mol. The number of amides is 1. The van der Waals surface area contributed by atoms with Gasteiger partial charge in [0, 0.05) is 33.4 Å². The minimum Gasteiger partial charge on any atom is -0.396 e. The molecule has 1 heterocycles. The zero-order chi connectivity index (χ0) is 14.9. The zero-order valence-electron chi connectivity index (χ0n) is 11.2. The summed E-state index contributed by atoms with van der Waals surface area (Å²) in [5.41, 5.74) is 4.85. The van der Waals surface area contributed by atoms with Gasteiger partial charge < -0.3 is 20.1 Å². The summed E-state index contributed by atoms with van der Waals surface area (Å²) < 4.78 is 37.2. The first-order valence-corrected chi connectivity index (χ1v) is 6.07. The zero-order valence-corrected chi connectivity index (χ0v) is 11.2. The second-order valence-corrected chi connectivity index (χ2v) is 4.61. The first-order chi connectivity index (χ1) is 9.47. The molecule has 0 radical (unpaired) electrons. The number of nitrogen functional groups attached to an aromatic ring is 1. The Hall–Kier alpha value is -1.73. The highest BCUT2D eigenvalue weighted by atomic mass is 19.1. The fraction of sp³-hybridized carbons (Fsp3) is 0.462. The molecule has 0 aliphatic carbocycles. The van der Waals surface area contributed by atoms with Crippen molar-refractivity contribution < 1.29 is 23.0 Å². The smallest absolute Gasteiger partial charge is 0.257 e. The Morgan fingerprint density at radius 1 is 1.20 bits per heavy atom. The lowest BCUT2D eigenvalue weighted by molar-refractivity contribution is -0.00461. The molecular weight excluding hydrogens is 270 g/mol. The van der Waals surface area contributed by atoms with E-state index < -0.39 is 17.5 Å². The molecule has 1 saturated heterocycles. The fourth-order valence-electron chi connectivity index (χ4n) is 2.26. The van der Waals surface area contributed by atoms with Crippen molar-refractivity contribution in [2.24, 2.45) is 0 Å². The number of halogens is 2. The highest BCUT2D eigenvalue weighted by molar-refractivity contribution is 5.95. The molecule has 0 aromatic heterocycles. The van der Waals surface area contributed by atoms with E-state index in [0.29, 0.717) is 6.07 Å². The molecular formula is C13H16F2N2O3. The van der Waals surface area contributed by atoms with Crippen LogP contribution in [0.25, 0.3) is 0 Å². The van der Waals surface area contributed by atoms with E-state index >= 15 is 0 Å². The van der Waals surface area contributed by atoms with Gasteiger partial charge in [0.1, 0.15) is 23.8 Å². The van der Waals surface area contributed by atoms with Crippen molar-refractivity contribution in [1.29, 1.82) is 0 Å². The van der Waals surface area contributed by atoms with E-state index in [0.717, 1.165) is 6.07 Å². The third kappa shape index (κ3) is 2.59. The van der Waals surface area contributed by atoms with Gasteiger partial charge in [0.25, 0.3) is 5.91 Å². The summed E-state index contributed by atoms with van der Waals surface area (Å²) in [4.78, 5) is 13.7. The van der Waals surface area contributed by atoms with Gasteiger partial charge in [-0.15, -0.1) is 0 Å². The lowest BCUT2D eigenvalue weighted by atomic mass is 10.1. The van der Waals surface area contributed by atoms with Gasteiger partial charge in [-0.2, -0.15) is 0 Å². The average molecular weight is 286 g/mol. The third-order valence-corrected chi connectivity index (χ3v) is 3.42. The minimum absolute atomic E-state index is 0.254. The maximum Gasteiger partial charge on any atom is 0.257 e. The quantitative estimate of drug-likeness (QED) is 0.843. The molecule has 0 spiro atoms. The van der Waals surface area contributed by atoms with Crippen LogP contribution in [0, 0.1) is 11.6 Å². The number of ether oxygens (including phenoxy) is 2. The monoisotopic (exact) mass is 286 g/mol. The molecule has 2 rings (SSSR count). The van der Waals surface area contributed by atoms with Crippen molar-refractivity contribution in [3.05, 3.63) is 29.3 Å². The molecule has 1 aromatic carbocycles. The van der Waals surface area contributed by atoms with Crippen LogP contribution in [0.15, 0.2) is 12.1 Å². The van der Waals surface area contributed by atoms with Crippen LogP contribution in [0.5, 0.6) is 0 Å². The molecule has 2 unspecified atom stereocenters. The van der Waals surface area contributed by atoms with Crippen molar-refractivity contribution in [3.63, 3.8) is 0 Å². The first-order valence-electron chi connectivity index (χ1n) is 6.07. The summed E-state index contributed by atoms with van der Waals surface area (Å²) in [6.07, 6.45) is -0.547. The molecule has 1 fully saturated rings. The van der Waals surface area contributed by atoms with E-state index in [4.69, 9.17) is 15.2 Å². The predicted octanol–water partition coefficient (Wildman–Crippen LogP) is 1.03. The summed E-state index contributed by atoms with van der Waals surface area (Å²) in [7, 11) is 3.03. The summed E-state index contributed by atoms with van der Waals surface area (Å²) >= 11 is 0. The van der Waals surface area contributed by atoms with Crippen LogP contribution in [0.1, 0.15) is 10.4 Å². The second kappa shape index (κ2) is 5.72. The lowest BCUT2D eigenvalue weighted by Crippen LogP contribution is -2.31. The van der Waals surface area contributed by atoms with Gasteiger partial charge in [0.2, 0.25) is 0 Å². The van der Waals surface area contributed by atoms with Crippen LogP contribution in [0.3, 0.4) is 0 Å². The van der Waals surface area contributed by atoms with E-state index in [-0.39, 0.29) is 36.5 Å². The number of nitrogens with two attached hydrogens (primary N) is 1. The van der Waals surface area contributed by atoms with E-state index in [1.165, 1.54) is 19.1 Å². The summed E-state index contributed by atoms with van der Waals surface area (Å²) in [6.45, 7) is 0.565. The molecule has 7 heteroatoms. The highest BCUT2D eigenvalue weighted by Gasteiger charge is 2.36. The van der Waals surface area contributed by atoms with E-state index in [1.807, 2.05) is 0 Å². The number of carbonyl (C=O) groups is 1. The maximum absolute atomic E-state index is 13.7. The number of likely N-dealkylation sites (tertiary alicyclic amines) is 1. The minimum atomic E-state index is -0.934. The number of carbonyl (C=O) groups excluding carboxylic acids is 1. The van der Waals surface area contributed by atoms with Crippen molar-refractivity contribution >= 4 is 11.6 Å². The first kappa shape index (κ1) is 14.7. The Morgan fingerprint density at radius 2 is 1.75 bits per heavy atom. The van der Waals surface area contributed by atoms with Gasteiger partial charge in [-0.25, -0.2) is 8.78 Å². The van der Waals surface area contributed by atoms with E-state index in [2.05, 4.69) is 0 Å². The third-order valence-electron chi connectivity index (χ3n) is 3.42. The Labute approximate surface area is 115 Å². The van der Waals surface area contributed by atoms with Crippen molar-refractivity contribution in [1.82, 2.24) is 4.90 Å².